The molecule has 0 aromatic heterocycles. The molecule has 17 heavy (non-hydrogen) atoms. The van der Waals surface area contributed by atoms with E-state index in [1.807, 2.05) is 18.2 Å². The van der Waals surface area contributed by atoms with Crippen molar-refractivity contribution in [2.45, 2.75) is 18.9 Å². The first kappa shape index (κ1) is 12.4. The van der Waals surface area contributed by atoms with Gasteiger partial charge in [0.15, 0.2) is 0 Å². The minimum Gasteiger partial charge on any atom is -0.493 e. The molecule has 0 aliphatic carbocycles. The summed E-state index contributed by atoms with van der Waals surface area (Å²) < 4.78 is 27.6. The van der Waals surface area contributed by atoms with Crippen LogP contribution in [0.3, 0.4) is 0 Å². The van der Waals surface area contributed by atoms with Crippen LogP contribution in [0, 0.1) is 0 Å². The molecular weight excluding hydrogens is 238 g/mol. The van der Waals surface area contributed by atoms with Crippen LogP contribution >= 0.6 is 0 Å². The summed E-state index contributed by atoms with van der Waals surface area (Å²) in [6.07, 6.45) is 2.59. The molecule has 94 valence electrons. The highest BCUT2D eigenvalue weighted by atomic mass is 32.2. The van der Waals surface area contributed by atoms with Crippen LogP contribution in [0.4, 0.5) is 0 Å². The largest absolute Gasteiger partial charge is 0.493 e. The maximum Gasteiger partial charge on any atom is 0.147 e. The van der Waals surface area contributed by atoms with Crippen molar-refractivity contribution in [3.8, 4) is 5.75 Å². The van der Waals surface area contributed by atoms with Gasteiger partial charge in [-0.3, -0.25) is 0 Å². The van der Waals surface area contributed by atoms with E-state index < -0.39 is 9.84 Å². The number of rotatable bonds is 4. The smallest absolute Gasteiger partial charge is 0.147 e. The Hall–Kier alpha value is -1.07. The van der Waals surface area contributed by atoms with E-state index in [0.717, 1.165) is 29.9 Å². The number of sulfone groups is 1. The van der Waals surface area contributed by atoms with Crippen LogP contribution in [0.1, 0.15) is 23.6 Å². The number of nitrogens with two attached hydrogens (primary N) is 1. The summed E-state index contributed by atoms with van der Waals surface area (Å²) in [6, 6.07) is 5.63. The van der Waals surface area contributed by atoms with E-state index in [1.165, 1.54) is 6.26 Å². The standard InChI is InChI=1S/C12H17NO3S/c1-17(14,15)7-5-11(13)9-2-3-12-10(8-9)4-6-16-12/h2-3,8,11H,4-7,13H2,1H3. The van der Waals surface area contributed by atoms with Gasteiger partial charge in [0.1, 0.15) is 15.6 Å². The fourth-order valence-electron chi connectivity index (χ4n) is 1.94. The Morgan fingerprint density at radius 2 is 2.24 bits per heavy atom. The van der Waals surface area contributed by atoms with Crippen molar-refractivity contribution in [2.75, 3.05) is 18.6 Å². The van der Waals surface area contributed by atoms with Crippen molar-refractivity contribution in [3.05, 3.63) is 29.3 Å². The molecule has 1 aromatic rings. The summed E-state index contributed by atoms with van der Waals surface area (Å²) in [5.74, 6) is 1.05. The van der Waals surface area contributed by atoms with Crippen molar-refractivity contribution >= 4 is 9.84 Å². The van der Waals surface area contributed by atoms with E-state index in [1.54, 1.807) is 0 Å². The monoisotopic (exact) mass is 255 g/mol. The van der Waals surface area contributed by atoms with Gasteiger partial charge in [-0.2, -0.15) is 0 Å². The number of hydrogen-bond donors (Lipinski definition) is 1. The Labute approximate surface area is 102 Å². The van der Waals surface area contributed by atoms with Crippen molar-refractivity contribution in [2.24, 2.45) is 5.73 Å². The average Bonchev–Trinajstić information content (AvgIpc) is 2.71. The molecule has 4 nitrogen and oxygen atoms in total. The molecule has 1 aromatic carbocycles. The van der Waals surface area contributed by atoms with Crippen LogP contribution in [0.5, 0.6) is 5.75 Å². The summed E-state index contributed by atoms with van der Waals surface area (Å²) >= 11 is 0. The molecular formula is C12H17NO3S. The van der Waals surface area contributed by atoms with Gasteiger partial charge in [0.25, 0.3) is 0 Å². The predicted molar refractivity (Wildman–Crippen MR) is 66.9 cm³/mol. The van der Waals surface area contributed by atoms with Crippen LogP contribution in [0.25, 0.3) is 0 Å². The van der Waals surface area contributed by atoms with Crippen LogP contribution in [0.15, 0.2) is 18.2 Å². The van der Waals surface area contributed by atoms with Gasteiger partial charge >= 0.3 is 0 Å². The topological polar surface area (TPSA) is 69.4 Å². The molecule has 1 unspecified atom stereocenters. The Morgan fingerprint density at radius 1 is 1.47 bits per heavy atom. The van der Waals surface area contributed by atoms with Gasteiger partial charge in [-0.15, -0.1) is 0 Å². The van der Waals surface area contributed by atoms with E-state index >= 15 is 0 Å². The second-order valence-corrected chi connectivity index (χ2v) is 6.75. The molecule has 2 rings (SSSR count). The highest BCUT2D eigenvalue weighted by Gasteiger charge is 2.15. The fourth-order valence-corrected chi connectivity index (χ4v) is 2.63. The summed E-state index contributed by atoms with van der Waals surface area (Å²) in [7, 11) is -2.94. The Kier molecular flexibility index (Phi) is 3.40. The van der Waals surface area contributed by atoms with Gasteiger partial charge < -0.3 is 10.5 Å². The molecule has 0 bridgehead atoms. The summed E-state index contributed by atoms with van der Waals surface area (Å²) in [5.41, 5.74) is 8.14. The summed E-state index contributed by atoms with van der Waals surface area (Å²) in [6.45, 7) is 0.720. The second-order valence-electron chi connectivity index (χ2n) is 4.49. The van der Waals surface area contributed by atoms with Gasteiger partial charge in [-0.05, 0) is 23.6 Å². The van der Waals surface area contributed by atoms with Gasteiger partial charge in [-0.25, -0.2) is 8.42 Å². The molecule has 1 atom stereocenters. The molecule has 1 aliphatic rings. The molecule has 1 heterocycles. The zero-order valence-corrected chi connectivity index (χ0v) is 10.7. The third kappa shape index (κ3) is 3.20. The van der Waals surface area contributed by atoms with Gasteiger partial charge in [0.05, 0.1) is 12.4 Å². The summed E-state index contributed by atoms with van der Waals surface area (Å²) in [5, 5.41) is 0. The normalized spacial score (nSPS) is 16.4. The Morgan fingerprint density at radius 3 is 2.94 bits per heavy atom. The fraction of sp³-hybridized carbons (Fsp3) is 0.500. The number of fused-ring (bicyclic) bond motifs is 1. The second kappa shape index (κ2) is 4.66. The lowest BCUT2D eigenvalue weighted by atomic mass is 10.0. The van der Waals surface area contributed by atoms with Crippen LogP contribution < -0.4 is 10.5 Å². The van der Waals surface area contributed by atoms with Crippen molar-refractivity contribution in [1.29, 1.82) is 0 Å². The number of benzene rings is 1. The van der Waals surface area contributed by atoms with Gasteiger partial charge in [0, 0.05) is 18.7 Å². The van der Waals surface area contributed by atoms with E-state index in [2.05, 4.69) is 0 Å². The molecule has 0 spiro atoms. The molecule has 0 amide bonds. The highest BCUT2D eigenvalue weighted by molar-refractivity contribution is 7.90. The summed E-state index contributed by atoms with van der Waals surface area (Å²) in [4.78, 5) is 0. The lowest BCUT2D eigenvalue weighted by Gasteiger charge is -2.12. The zero-order chi connectivity index (χ0) is 12.5. The highest BCUT2D eigenvalue weighted by Crippen LogP contribution is 2.28. The quantitative estimate of drug-likeness (QED) is 0.873. The van der Waals surface area contributed by atoms with Crippen molar-refractivity contribution in [1.82, 2.24) is 0 Å². The van der Waals surface area contributed by atoms with Crippen molar-refractivity contribution < 1.29 is 13.2 Å². The lowest BCUT2D eigenvalue weighted by molar-refractivity contribution is 0.357. The number of hydrogen-bond acceptors (Lipinski definition) is 4. The molecule has 0 radical (unpaired) electrons. The van der Waals surface area contributed by atoms with E-state index in [9.17, 15) is 8.42 Å². The first-order valence-electron chi connectivity index (χ1n) is 5.64. The van der Waals surface area contributed by atoms with E-state index in [4.69, 9.17) is 10.5 Å². The lowest BCUT2D eigenvalue weighted by Crippen LogP contribution is -2.15. The Balaban J connectivity index is 2.07. The maximum atomic E-state index is 11.1. The molecule has 0 fully saturated rings. The minimum absolute atomic E-state index is 0.127. The first-order chi connectivity index (χ1) is 7.96. The van der Waals surface area contributed by atoms with Crippen LogP contribution in [0.2, 0.25) is 0 Å². The molecule has 5 heteroatoms. The molecule has 1 aliphatic heterocycles. The zero-order valence-electron chi connectivity index (χ0n) is 9.85. The Bertz CT molecular complexity index is 510. The van der Waals surface area contributed by atoms with Crippen LogP contribution in [-0.4, -0.2) is 27.0 Å². The van der Waals surface area contributed by atoms with Gasteiger partial charge in [0.2, 0.25) is 0 Å². The molecule has 0 saturated carbocycles. The predicted octanol–water partition coefficient (Wildman–Crippen LogP) is 1.06. The average molecular weight is 255 g/mol. The SMILES string of the molecule is CS(=O)(=O)CCC(N)c1ccc2c(c1)CCO2. The molecule has 2 N–H and O–H groups in total. The molecule has 0 saturated heterocycles. The van der Waals surface area contributed by atoms with Crippen LogP contribution in [-0.2, 0) is 16.3 Å². The van der Waals surface area contributed by atoms with E-state index in [-0.39, 0.29) is 11.8 Å². The maximum absolute atomic E-state index is 11.1. The van der Waals surface area contributed by atoms with Crippen molar-refractivity contribution in [3.63, 3.8) is 0 Å². The van der Waals surface area contributed by atoms with E-state index in [0.29, 0.717) is 6.42 Å². The van der Waals surface area contributed by atoms with Gasteiger partial charge in [-0.1, -0.05) is 12.1 Å². The number of ether oxygens (including phenoxy) is 1. The third-order valence-corrected chi connectivity index (χ3v) is 3.92. The minimum atomic E-state index is -2.94. The first-order valence-corrected chi connectivity index (χ1v) is 7.71. The third-order valence-electron chi connectivity index (χ3n) is 2.94.